The molecule has 0 atom stereocenters. The summed E-state index contributed by atoms with van der Waals surface area (Å²) in [5, 5.41) is 3.38. The molecule has 0 spiro atoms. The van der Waals surface area contributed by atoms with Crippen LogP contribution in [0.2, 0.25) is 0 Å². The van der Waals surface area contributed by atoms with Crippen molar-refractivity contribution >= 4 is 11.8 Å². The van der Waals surface area contributed by atoms with E-state index in [4.69, 9.17) is 19.4 Å². The lowest BCUT2D eigenvalue weighted by molar-refractivity contribution is 0.354. The Morgan fingerprint density at radius 2 is 1.66 bits per heavy atom. The number of nitrogens with zero attached hydrogens (tertiary/aromatic N) is 3. The zero-order valence-electron chi connectivity index (χ0n) is 16.9. The number of nitrogens with one attached hydrogen (secondary N) is 1. The molecule has 1 saturated heterocycles. The summed E-state index contributed by atoms with van der Waals surface area (Å²) in [5.74, 6) is 3.03. The van der Waals surface area contributed by atoms with Gasteiger partial charge in [0, 0.05) is 31.3 Å². The zero-order chi connectivity index (χ0) is 20.1. The van der Waals surface area contributed by atoms with Gasteiger partial charge in [-0.1, -0.05) is 36.4 Å². The van der Waals surface area contributed by atoms with Gasteiger partial charge in [0.2, 0.25) is 5.95 Å². The second-order valence-electron chi connectivity index (χ2n) is 7.04. The van der Waals surface area contributed by atoms with Crippen LogP contribution in [0, 0.1) is 0 Å². The summed E-state index contributed by atoms with van der Waals surface area (Å²) >= 11 is 0. The molecule has 29 heavy (non-hydrogen) atoms. The first-order chi connectivity index (χ1) is 14.3. The largest absolute Gasteiger partial charge is 0.493 e. The summed E-state index contributed by atoms with van der Waals surface area (Å²) in [5.41, 5.74) is 3.08. The van der Waals surface area contributed by atoms with Crippen molar-refractivity contribution in [1.29, 1.82) is 0 Å². The van der Waals surface area contributed by atoms with Crippen molar-refractivity contribution in [3.05, 3.63) is 60.2 Å². The van der Waals surface area contributed by atoms with E-state index in [-0.39, 0.29) is 0 Å². The van der Waals surface area contributed by atoms with Crippen LogP contribution in [0.25, 0.3) is 11.3 Å². The highest BCUT2D eigenvalue weighted by atomic mass is 16.5. The molecule has 0 bridgehead atoms. The van der Waals surface area contributed by atoms with Crippen molar-refractivity contribution in [2.24, 2.45) is 0 Å². The summed E-state index contributed by atoms with van der Waals surface area (Å²) < 4.78 is 10.7. The molecule has 1 aromatic heterocycles. The summed E-state index contributed by atoms with van der Waals surface area (Å²) in [7, 11) is 3.28. The molecule has 4 rings (SSSR count). The zero-order valence-corrected chi connectivity index (χ0v) is 16.9. The Kier molecular flexibility index (Phi) is 5.79. The number of hydrogen-bond donors (Lipinski definition) is 1. The standard InChI is InChI=1S/C23H26N4O2/c1-28-20-11-10-17(14-21(20)29-2)16-24-23-25-19(18-8-4-3-5-9-18)15-22(26-23)27-12-6-7-13-27/h3-5,8-11,14-15H,6-7,12-13,16H2,1-2H3,(H,24,25,26). The molecule has 1 aliphatic rings. The van der Waals surface area contributed by atoms with Gasteiger partial charge in [-0.15, -0.1) is 0 Å². The Bertz CT molecular complexity index is 956. The molecular weight excluding hydrogens is 364 g/mol. The van der Waals surface area contributed by atoms with Gasteiger partial charge in [0.1, 0.15) is 5.82 Å². The molecule has 150 valence electrons. The van der Waals surface area contributed by atoms with Gasteiger partial charge >= 0.3 is 0 Å². The Labute approximate surface area is 171 Å². The van der Waals surface area contributed by atoms with Crippen molar-refractivity contribution < 1.29 is 9.47 Å². The topological polar surface area (TPSA) is 59.5 Å². The molecule has 0 aliphatic carbocycles. The Morgan fingerprint density at radius 1 is 0.897 bits per heavy atom. The fourth-order valence-electron chi connectivity index (χ4n) is 3.55. The van der Waals surface area contributed by atoms with Gasteiger partial charge in [-0.2, -0.15) is 4.98 Å². The summed E-state index contributed by atoms with van der Waals surface area (Å²) in [4.78, 5) is 11.9. The van der Waals surface area contributed by atoms with E-state index in [1.807, 2.05) is 36.4 Å². The molecule has 1 aliphatic heterocycles. The fraction of sp³-hybridized carbons (Fsp3) is 0.304. The quantitative estimate of drug-likeness (QED) is 0.646. The number of hydrogen-bond acceptors (Lipinski definition) is 6. The second kappa shape index (κ2) is 8.82. The molecule has 2 aromatic carbocycles. The van der Waals surface area contributed by atoms with Crippen LogP contribution in [-0.4, -0.2) is 37.3 Å². The average molecular weight is 390 g/mol. The lowest BCUT2D eigenvalue weighted by Gasteiger charge is -2.18. The van der Waals surface area contributed by atoms with Crippen molar-refractivity contribution in [1.82, 2.24) is 9.97 Å². The van der Waals surface area contributed by atoms with Crippen molar-refractivity contribution in [3.63, 3.8) is 0 Å². The second-order valence-corrected chi connectivity index (χ2v) is 7.04. The normalized spacial score (nSPS) is 13.4. The van der Waals surface area contributed by atoms with Gasteiger partial charge in [0.15, 0.2) is 11.5 Å². The Morgan fingerprint density at radius 3 is 2.38 bits per heavy atom. The number of ether oxygens (including phenoxy) is 2. The molecular formula is C23H26N4O2. The predicted molar refractivity (Wildman–Crippen MR) is 116 cm³/mol. The highest BCUT2D eigenvalue weighted by Crippen LogP contribution is 2.29. The minimum atomic E-state index is 0.595. The summed E-state index contributed by atoms with van der Waals surface area (Å²) in [6, 6.07) is 18.2. The van der Waals surface area contributed by atoms with Crippen LogP contribution in [0.4, 0.5) is 11.8 Å². The molecule has 3 aromatic rings. The number of aromatic nitrogens is 2. The van der Waals surface area contributed by atoms with Crippen molar-refractivity contribution in [2.45, 2.75) is 19.4 Å². The third-order valence-electron chi connectivity index (χ3n) is 5.11. The van der Waals surface area contributed by atoms with Crippen LogP contribution in [0.5, 0.6) is 11.5 Å². The molecule has 0 saturated carbocycles. The Hall–Kier alpha value is -3.28. The van der Waals surface area contributed by atoms with Crippen LogP contribution < -0.4 is 19.7 Å². The van der Waals surface area contributed by atoms with Crippen LogP contribution in [-0.2, 0) is 6.54 Å². The molecule has 1 N–H and O–H groups in total. The maximum Gasteiger partial charge on any atom is 0.225 e. The van der Waals surface area contributed by atoms with Crippen molar-refractivity contribution in [2.75, 3.05) is 37.5 Å². The maximum absolute atomic E-state index is 5.40. The van der Waals surface area contributed by atoms with E-state index < -0.39 is 0 Å². The summed E-state index contributed by atoms with van der Waals surface area (Å²) in [6.45, 7) is 2.68. The molecule has 6 heteroatoms. The van der Waals surface area contributed by atoms with Crippen LogP contribution >= 0.6 is 0 Å². The number of methoxy groups -OCH3 is 2. The van der Waals surface area contributed by atoms with Gasteiger partial charge in [0.25, 0.3) is 0 Å². The van der Waals surface area contributed by atoms with Crippen LogP contribution in [0.15, 0.2) is 54.6 Å². The van der Waals surface area contributed by atoms with E-state index in [1.54, 1.807) is 14.2 Å². The molecule has 2 heterocycles. The van der Waals surface area contributed by atoms with E-state index in [0.717, 1.165) is 41.5 Å². The number of anilines is 2. The van der Waals surface area contributed by atoms with E-state index in [0.29, 0.717) is 18.2 Å². The number of benzene rings is 2. The lowest BCUT2D eigenvalue weighted by atomic mass is 10.1. The first-order valence-electron chi connectivity index (χ1n) is 9.91. The van der Waals surface area contributed by atoms with Gasteiger partial charge in [-0.05, 0) is 30.5 Å². The number of rotatable bonds is 7. The van der Waals surface area contributed by atoms with E-state index >= 15 is 0 Å². The van der Waals surface area contributed by atoms with E-state index in [2.05, 4.69) is 28.4 Å². The van der Waals surface area contributed by atoms with Gasteiger partial charge < -0.3 is 19.7 Å². The lowest BCUT2D eigenvalue weighted by Crippen LogP contribution is -2.20. The average Bonchev–Trinajstić information content (AvgIpc) is 3.33. The SMILES string of the molecule is COc1ccc(CNc2nc(-c3ccccc3)cc(N3CCCC3)n2)cc1OC. The molecule has 0 radical (unpaired) electrons. The highest BCUT2D eigenvalue weighted by molar-refractivity contribution is 5.65. The third kappa shape index (κ3) is 4.42. The van der Waals surface area contributed by atoms with E-state index in [1.165, 1.54) is 12.8 Å². The first-order valence-corrected chi connectivity index (χ1v) is 9.91. The van der Waals surface area contributed by atoms with Crippen molar-refractivity contribution in [3.8, 4) is 22.8 Å². The third-order valence-corrected chi connectivity index (χ3v) is 5.11. The smallest absolute Gasteiger partial charge is 0.225 e. The minimum absolute atomic E-state index is 0.595. The molecule has 1 fully saturated rings. The van der Waals surface area contributed by atoms with Gasteiger partial charge in [0.05, 0.1) is 19.9 Å². The minimum Gasteiger partial charge on any atom is -0.493 e. The first kappa shape index (κ1) is 19.1. The highest BCUT2D eigenvalue weighted by Gasteiger charge is 2.16. The molecule has 6 nitrogen and oxygen atoms in total. The molecule has 0 unspecified atom stereocenters. The molecule has 0 amide bonds. The predicted octanol–water partition coefficient (Wildman–Crippen LogP) is 4.37. The fourth-order valence-corrected chi connectivity index (χ4v) is 3.55. The van der Waals surface area contributed by atoms with Crippen LogP contribution in [0.1, 0.15) is 18.4 Å². The van der Waals surface area contributed by atoms with Crippen LogP contribution in [0.3, 0.4) is 0 Å². The maximum atomic E-state index is 5.40. The van der Waals surface area contributed by atoms with Gasteiger partial charge in [-0.25, -0.2) is 4.98 Å². The Balaban J connectivity index is 1.60. The summed E-state index contributed by atoms with van der Waals surface area (Å²) in [6.07, 6.45) is 2.41. The van der Waals surface area contributed by atoms with E-state index in [9.17, 15) is 0 Å². The van der Waals surface area contributed by atoms with Gasteiger partial charge in [-0.3, -0.25) is 0 Å². The monoisotopic (exact) mass is 390 g/mol.